The highest BCUT2D eigenvalue weighted by atomic mass is 35.5. The van der Waals surface area contributed by atoms with Crippen molar-refractivity contribution >= 4 is 30.3 Å². The van der Waals surface area contributed by atoms with E-state index >= 15 is 0 Å². The average molecular weight is 173 g/mol. The largest absolute Gasteiger partial charge is 0.505 e. The van der Waals surface area contributed by atoms with Gasteiger partial charge in [-0.15, -0.1) is 12.4 Å². The van der Waals surface area contributed by atoms with E-state index in [9.17, 15) is 4.79 Å². The zero-order valence-electron chi connectivity index (χ0n) is 4.99. The normalized spacial score (nSPS) is 7.67. The first-order chi connectivity index (χ1) is 3.77. The monoisotopic (exact) mass is 172 g/mol. The van der Waals surface area contributed by atoms with Gasteiger partial charge in [-0.3, -0.25) is 0 Å². The van der Waals surface area contributed by atoms with E-state index in [2.05, 4.69) is 4.74 Å². The molecule has 0 saturated carbocycles. The fourth-order valence-electron chi connectivity index (χ4n) is 0.212. The highest BCUT2D eigenvalue weighted by molar-refractivity contribution is 7.98. The molecule has 0 aromatic rings. The van der Waals surface area contributed by atoms with Crippen molar-refractivity contribution in [3.63, 3.8) is 0 Å². The van der Waals surface area contributed by atoms with Crippen molar-refractivity contribution in [2.45, 2.75) is 0 Å². The van der Waals surface area contributed by atoms with E-state index in [0.717, 1.165) is 5.75 Å². The topological polar surface area (TPSA) is 46.5 Å². The smallest absolute Gasteiger partial charge is 0.450 e. The van der Waals surface area contributed by atoms with Crippen LogP contribution in [0.4, 0.5) is 4.79 Å². The van der Waals surface area contributed by atoms with Crippen molar-refractivity contribution in [2.75, 3.05) is 18.6 Å². The Labute approximate surface area is 64.2 Å². The molecule has 56 valence electrons. The van der Waals surface area contributed by atoms with Crippen LogP contribution in [-0.4, -0.2) is 29.9 Å². The molecule has 0 aromatic carbocycles. The van der Waals surface area contributed by atoms with Crippen LogP contribution < -0.4 is 0 Å². The molecule has 0 heterocycles. The summed E-state index contributed by atoms with van der Waals surface area (Å²) < 4.78 is 4.18. The lowest BCUT2D eigenvalue weighted by Gasteiger charge is -1.94. The van der Waals surface area contributed by atoms with E-state index in [1.807, 2.05) is 6.26 Å². The molecule has 0 radical (unpaired) electrons. The summed E-state index contributed by atoms with van der Waals surface area (Å²) in [6, 6.07) is 0. The Morgan fingerprint density at radius 1 is 1.78 bits per heavy atom. The van der Waals surface area contributed by atoms with Gasteiger partial charge in [0.25, 0.3) is 0 Å². The molecular formula is C4H9ClO3S. The van der Waals surface area contributed by atoms with E-state index in [1.54, 1.807) is 11.8 Å². The van der Waals surface area contributed by atoms with Crippen molar-refractivity contribution in [1.82, 2.24) is 0 Å². The third-order valence-corrected chi connectivity index (χ3v) is 1.09. The molecule has 3 nitrogen and oxygen atoms in total. The van der Waals surface area contributed by atoms with Gasteiger partial charge in [0.15, 0.2) is 0 Å². The van der Waals surface area contributed by atoms with Crippen molar-refractivity contribution in [1.29, 1.82) is 0 Å². The molecule has 0 unspecified atom stereocenters. The van der Waals surface area contributed by atoms with Crippen LogP contribution >= 0.6 is 24.2 Å². The van der Waals surface area contributed by atoms with Crippen LogP contribution in [0.1, 0.15) is 0 Å². The maximum atomic E-state index is 9.64. The van der Waals surface area contributed by atoms with Crippen LogP contribution in [0.3, 0.4) is 0 Å². The minimum absolute atomic E-state index is 0. The number of hydrogen-bond acceptors (Lipinski definition) is 3. The quantitative estimate of drug-likeness (QED) is 0.517. The Morgan fingerprint density at radius 3 is 2.67 bits per heavy atom. The molecule has 9 heavy (non-hydrogen) atoms. The summed E-state index contributed by atoms with van der Waals surface area (Å²) in [7, 11) is 0. The number of rotatable bonds is 3. The second-order valence-corrected chi connectivity index (χ2v) is 2.09. The second kappa shape index (κ2) is 7.91. The fraction of sp³-hybridized carbons (Fsp3) is 0.750. The molecule has 1 N–H and O–H groups in total. The predicted molar refractivity (Wildman–Crippen MR) is 39.6 cm³/mol. The van der Waals surface area contributed by atoms with Gasteiger partial charge in [0.1, 0.15) is 6.61 Å². The third-order valence-electron chi connectivity index (χ3n) is 0.513. The third kappa shape index (κ3) is 11.5. The molecule has 0 spiro atoms. The number of hydrogen-bond donors (Lipinski definition) is 1. The van der Waals surface area contributed by atoms with Crippen molar-refractivity contribution in [3.05, 3.63) is 0 Å². The minimum atomic E-state index is -1.20. The van der Waals surface area contributed by atoms with E-state index in [0.29, 0.717) is 0 Å². The number of halogens is 1. The first kappa shape index (κ1) is 11.7. The van der Waals surface area contributed by atoms with E-state index in [-0.39, 0.29) is 19.0 Å². The number of carboxylic acid groups (broad SMARTS) is 1. The van der Waals surface area contributed by atoms with Gasteiger partial charge in [-0.25, -0.2) is 4.79 Å². The van der Waals surface area contributed by atoms with Crippen LogP contribution in [-0.2, 0) is 4.74 Å². The number of ether oxygens (including phenoxy) is 1. The zero-order chi connectivity index (χ0) is 6.41. The summed E-state index contributed by atoms with van der Waals surface area (Å²) in [6.45, 7) is 0.288. The van der Waals surface area contributed by atoms with Crippen LogP contribution in [0.2, 0.25) is 0 Å². The lowest BCUT2D eigenvalue weighted by atomic mass is 10.9. The molecule has 0 amide bonds. The van der Waals surface area contributed by atoms with Gasteiger partial charge >= 0.3 is 6.16 Å². The molecule has 0 aliphatic carbocycles. The molecule has 0 atom stereocenters. The SMILES string of the molecule is CSCCOC(=O)O.Cl. The Morgan fingerprint density at radius 2 is 2.33 bits per heavy atom. The molecule has 0 aliphatic heterocycles. The van der Waals surface area contributed by atoms with Gasteiger partial charge in [-0.1, -0.05) is 0 Å². The van der Waals surface area contributed by atoms with Crippen LogP contribution in [0, 0.1) is 0 Å². The maximum Gasteiger partial charge on any atom is 0.505 e. The summed E-state index contributed by atoms with van der Waals surface area (Å²) in [4.78, 5) is 9.64. The summed E-state index contributed by atoms with van der Waals surface area (Å²) >= 11 is 1.56. The molecule has 5 heteroatoms. The minimum Gasteiger partial charge on any atom is -0.450 e. The fourth-order valence-corrected chi connectivity index (χ4v) is 0.462. The van der Waals surface area contributed by atoms with Gasteiger partial charge in [-0.05, 0) is 6.26 Å². The Kier molecular flexibility index (Phi) is 10.3. The van der Waals surface area contributed by atoms with Gasteiger partial charge in [0.2, 0.25) is 0 Å². The highest BCUT2D eigenvalue weighted by Crippen LogP contribution is 1.89. The molecule has 0 bridgehead atoms. The standard InChI is InChI=1S/C4H8O3S.ClH/c1-8-3-2-7-4(5)6;/h2-3H2,1H3,(H,5,6);1H. The average Bonchev–Trinajstić information content (AvgIpc) is 1.66. The van der Waals surface area contributed by atoms with Gasteiger partial charge < -0.3 is 9.84 Å². The first-order valence-electron chi connectivity index (χ1n) is 2.12. The van der Waals surface area contributed by atoms with Crippen molar-refractivity contribution in [2.24, 2.45) is 0 Å². The molecular weight excluding hydrogens is 164 g/mol. The first-order valence-corrected chi connectivity index (χ1v) is 3.51. The summed E-state index contributed by atoms with van der Waals surface area (Å²) in [6.07, 6.45) is 0.699. The number of carbonyl (C=O) groups is 1. The van der Waals surface area contributed by atoms with Crippen molar-refractivity contribution in [3.8, 4) is 0 Å². The molecule has 0 aromatic heterocycles. The number of thioether (sulfide) groups is 1. The summed E-state index contributed by atoms with van der Waals surface area (Å²) in [5, 5.41) is 7.91. The summed E-state index contributed by atoms with van der Waals surface area (Å²) in [5.74, 6) is 0.728. The van der Waals surface area contributed by atoms with Crippen LogP contribution in [0.5, 0.6) is 0 Å². The Bertz CT molecular complexity index is 78.2. The highest BCUT2D eigenvalue weighted by Gasteiger charge is 1.91. The van der Waals surface area contributed by atoms with E-state index in [1.165, 1.54) is 0 Å². The second-order valence-electron chi connectivity index (χ2n) is 1.11. The maximum absolute atomic E-state index is 9.64. The van der Waals surface area contributed by atoms with E-state index < -0.39 is 6.16 Å². The van der Waals surface area contributed by atoms with Crippen LogP contribution in [0.25, 0.3) is 0 Å². The van der Waals surface area contributed by atoms with Gasteiger partial charge in [0, 0.05) is 5.75 Å². The zero-order valence-corrected chi connectivity index (χ0v) is 6.63. The lowest BCUT2D eigenvalue weighted by molar-refractivity contribution is 0.0975. The predicted octanol–water partition coefficient (Wildman–Crippen LogP) is 1.47. The van der Waals surface area contributed by atoms with Gasteiger partial charge in [-0.2, -0.15) is 11.8 Å². The van der Waals surface area contributed by atoms with Crippen LogP contribution in [0.15, 0.2) is 0 Å². The lowest BCUT2D eigenvalue weighted by Crippen LogP contribution is -2.02. The van der Waals surface area contributed by atoms with Crippen molar-refractivity contribution < 1.29 is 14.6 Å². The molecule has 0 fully saturated rings. The Balaban J connectivity index is 0. The van der Waals surface area contributed by atoms with Gasteiger partial charge in [0.05, 0.1) is 0 Å². The molecule has 0 rings (SSSR count). The molecule has 0 aliphatic rings. The molecule has 0 saturated heterocycles. The summed E-state index contributed by atoms with van der Waals surface area (Å²) in [5.41, 5.74) is 0. The van der Waals surface area contributed by atoms with E-state index in [4.69, 9.17) is 5.11 Å². The Hall–Kier alpha value is -0.0900.